The summed E-state index contributed by atoms with van der Waals surface area (Å²) in [6.07, 6.45) is 1.05. The van der Waals surface area contributed by atoms with E-state index >= 15 is 0 Å². The van der Waals surface area contributed by atoms with Crippen LogP contribution < -0.4 is 15.4 Å². The monoisotopic (exact) mass is 472 g/mol. The zero-order chi connectivity index (χ0) is 24.4. The molecule has 2 aliphatic heterocycles. The quantitative estimate of drug-likeness (QED) is 0.490. The van der Waals surface area contributed by atoms with Crippen LogP contribution in [0.25, 0.3) is 11.1 Å². The Morgan fingerprint density at radius 1 is 1.11 bits per heavy atom. The van der Waals surface area contributed by atoms with Crippen molar-refractivity contribution in [2.45, 2.75) is 32.4 Å². The van der Waals surface area contributed by atoms with Gasteiger partial charge in [0.2, 0.25) is 0 Å². The number of hydrogen-bond donors (Lipinski definition) is 2. The van der Waals surface area contributed by atoms with Crippen LogP contribution in [0.1, 0.15) is 36.1 Å². The van der Waals surface area contributed by atoms with Gasteiger partial charge in [-0.15, -0.1) is 0 Å². The molecule has 35 heavy (non-hydrogen) atoms. The van der Waals surface area contributed by atoms with E-state index in [1.54, 1.807) is 6.07 Å². The number of ether oxygens (including phenoxy) is 2. The first kappa shape index (κ1) is 23.4. The van der Waals surface area contributed by atoms with Crippen molar-refractivity contribution in [1.29, 1.82) is 0 Å². The van der Waals surface area contributed by atoms with E-state index in [9.17, 15) is 9.90 Å². The summed E-state index contributed by atoms with van der Waals surface area (Å²) in [5.74, 6) is -0.270. The molecule has 2 saturated heterocycles. The van der Waals surface area contributed by atoms with Crippen molar-refractivity contribution in [3.05, 3.63) is 83.4 Å². The van der Waals surface area contributed by atoms with Crippen molar-refractivity contribution in [3.8, 4) is 16.9 Å². The highest BCUT2D eigenvalue weighted by atomic mass is 16.5. The molecular formula is C29H32N2O4. The molecule has 5 rings (SSSR count). The average Bonchev–Trinajstić information content (AvgIpc) is 3.33. The average molecular weight is 473 g/mol. The van der Waals surface area contributed by atoms with E-state index in [2.05, 4.69) is 41.3 Å². The molecule has 0 aliphatic carbocycles. The van der Waals surface area contributed by atoms with E-state index in [1.165, 1.54) is 5.69 Å². The Morgan fingerprint density at radius 3 is 2.69 bits per heavy atom. The molecule has 3 aromatic carbocycles. The van der Waals surface area contributed by atoms with Crippen molar-refractivity contribution in [2.24, 2.45) is 11.1 Å². The molecule has 1 atom stereocenters. The topological polar surface area (TPSA) is 85.0 Å². The summed E-state index contributed by atoms with van der Waals surface area (Å²) in [5.41, 5.74) is 12.6. The largest absolute Gasteiger partial charge is 0.489 e. The first-order chi connectivity index (χ1) is 16.9. The zero-order valence-corrected chi connectivity index (χ0v) is 20.1. The Hall–Kier alpha value is -3.35. The van der Waals surface area contributed by atoms with Crippen LogP contribution in [0.15, 0.2) is 66.7 Å². The van der Waals surface area contributed by atoms with Gasteiger partial charge in [0.15, 0.2) is 0 Å². The lowest BCUT2D eigenvalue weighted by Gasteiger charge is -2.48. The lowest BCUT2D eigenvalue weighted by atomic mass is 9.79. The molecule has 2 fully saturated rings. The molecule has 0 bridgehead atoms. The molecule has 0 aromatic heterocycles. The molecule has 0 radical (unpaired) electrons. The van der Waals surface area contributed by atoms with Crippen molar-refractivity contribution in [3.63, 3.8) is 0 Å². The zero-order valence-electron chi connectivity index (χ0n) is 20.1. The molecule has 2 heterocycles. The van der Waals surface area contributed by atoms with E-state index < -0.39 is 5.97 Å². The normalized spacial score (nSPS) is 17.3. The third kappa shape index (κ3) is 5.19. The Balaban J connectivity index is 1.43. The van der Waals surface area contributed by atoms with Gasteiger partial charge in [0.1, 0.15) is 12.4 Å². The number of hydrogen-bond acceptors (Lipinski definition) is 5. The third-order valence-electron chi connectivity index (χ3n) is 7.03. The van der Waals surface area contributed by atoms with Gasteiger partial charge in [-0.3, -0.25) is 4.79 Å². The van der Waals surface area contributed by atoms with Crippen LogP contribution in [-0.4, -0.2) is 37.4 Å². The van der Waals surface area contributed by atoms with Crippen molar-refractivity contribution < 1.29 is 19.4 Å². The van der Waals surface area contributed by atoms with Crippen molar-refractivity contribution in [1.82, 2.24) is 0 Å². The maximum absolute atomic E-state index is 11.3. The third-order valence-corrected chi connectivity index (χ3v) is 7.03. The lowest BCUT2D eigenvalue weighted by molar-refractivity contribution is -0.136. The number of rotatable bonds is 8. The van der Waals surface area contributed by atoms with Gasteiger partial charge >= 0.3 is 5.97 Å². The van der Waals surface area contributed by atoms with Crippen LogP contribution in [0.2, 0.25) is 0 Å². The van der Waals surface area contributed by atoms with Crippen LogP contribution in [0.4, 0.5) is 5.69 Å². The molecule has 6 heteroatoms. The first-order valence-electron chi connectivity index (χ1n) is 12.2. The minimum Gasteiger partial charge on any atom is -0.489 e. The number of para-hydroxylation sites is 1. The summed E-state index contributed by atoms with van der Waals surface area (Å²) >= 11 is 0. The molecule has 0 saturated carbocycles. The van der Waals surface area contributed by atoms with Crippen molar-refractivity contribution >= 4 is 11.7 Å². The SMILES string of the molecule is CC(N)c1cccc(-c2cc(COc3ccccc3CC(=O)O)cc(N3CC4(CCOC4)C3)c2)c1. The molecule has 182 valence electrons. The standard InChI is InChI=1S/C29H32N2O4/c1-20(30)22-6-4-7-23(13-22)25-11-21(16-35-27-8-3-2-5-24(27)15-28(32)33)12-26(14-25)31-17-29(18-31)9-10-34-19-29/h2-8,11-14,20H,9-10,15-19,30H2,1H3,(H,32,33). The molecule has 1 unspecified atom stereocenters. The summed E-state index contributed by atoms with van der Waals surface area (Å²) < 4.78 is 11.8. The predicted octanol–water partition coefficient (Wildman–Crippen LogP) is 4.81. The van der Waals surface area contributed by atoms with E-state index in [0.29, 0.717) is 17.9 Å². The van der Waals surface area contributed by atoms with Gasteiger partial charge in [-0.2, -0.15) is 0 Å². The summed E-state index contributed by atoms with van der Waals surface area (Å²) in [6, 6.07) is 22.2. The highest BCUT2D eigenvalue weighted by molar-refractivity contribution is 5.72. The number of nitrogens with zero attached hydrogens (tertiary/aromatic N) is 1. The molecule has 3 aromatic rings. The second kappa shape index (κ2) is 9.72. The summed E-state index contributed by atoms with van der Waals surface area (Å²) in [6.45, 7) is 6.04. The number of benzene rings is 3. The van der Waals surface area contributed by atoms with E-state index in [1.807, 2.05) is 31.2 Å². The van der Waals surface area contributed by atoms with Gasteiger partial charge in [0, 0.05) is 42.4 Å². The molecule has 6 nitrogen and oxygen atoms in total. The Bertz CT molecular complexity index is 1210. The Morgan fingerprint density at radius 2 is 1.94 bits per heavy atom. The minimum absolute atomic E-state index is 0.0377. The van der Waals surface area contributed by atoms with Gasteiger partial charge in [-0.05, 0) is 65.9 Å². The number of carbonyl (C=O) groups is 1. The molecule has 0 amide bonds. The number of carboxylic acid groups (broad SMARTS) is 1. The molecule has 1 spiro atoms. The number of carboxylic acids is 1. The minimum atomic E-state index is -0.873. The summed E-state index contributed by atoms with van der Waals surface area (Å²) in [5, 5.41) is 9.24. The second-order valence-corrected chi connectivity index (χ2v) is 9.93. The van der Waals surface area contributed by atoms with Gasteiger partial charge in [0.05, 0.1) is 13.0 Å². The molecule has 3 N–H and O–H groups in total. The van der Waals surface area contributed by atoms with Crippen LogP contribution in [0.5, 0.6) is 5.75 Å². The van der Waals surface area contributed by atoms with Crippen LogP contribution in [-0.2, 0) is 22.6 Å². The van der Waals surface area contributed by atoms with Gasteiger partial charge in [-0.25, -0.2) is 0 Å². The predicted molar refractivity (Wildman–Crippen MR) is 137 cm³/mol. The van der Waals surface area contributed by atoms with E-state index in [-0.39, 0.29) is 17.9 Å². The Labute approximate surface area is 206 Å². The van der Waals surface area contributed by atoms with E-state index in [4.69, 9.17) is 15.2 Å². The van der Waals surface area contributed by atoms with Crippen molar-refractivity contribution in [2.75, 3.05) is 31.2 Å². The number of nitrogens with two attached hydrogens (primary N) is 1. The van der Waals surface area contributed by atoms with Crippen LogP contribution in [0.3, 0.4) is 0 Å². The maximum atomic E-state index is 11.3. The first-order valence-corrected chi connectivity index (χ1v) is 12.2. The lowest BCUT2D eigenvalue weighted by Crippen LogP contribution is -2.57. The molecule has 2 aliphatic rings. The Kier molecular flexibility index (Phi) is 6.50. The van der Waals surface area contributed by atoms with Gasteiger partial charge in [-0.1, -0.05) is 36.4 Å². The van der Waals surface area contributed by atoms with E-state index in [0.717, 1.165) is 55.0 Å². The molecular weight excluding hydrogens is 440 g/mol. The number of anilines is 1. The highest BCUT2D eigenvalue weighted by Crippen LogP contribution is 2.42. The summed E-state index contributed by atoms with van der Waals surface area (Å²) in [4.78, 5) is 13.7. The highest BCUT2D eigenvalue weighted by Gasteiger charge is 2.45. The van der Waals surface area contributed by atoms with Crippen LogP contribution in [0, 0.1) is 5.41 Å². The number of aliphatic carboxylic acids is 1. The van der Waals surface area contributed by atoms with Gasteiger partial charge in [0.25, 0.3) is 0 Å². The van der Waals surface area contributed by atoms with Crippen LogP contribution >= 0.6 is 0 Å². The second-order valence-electron chi connectivity index (χ2n) is 9.93. The maximum Gasteiger partial charge on any atom is 0.307 e. The fourth-order valence-electron chi connectivity index (χ4n) is 5.07. The van der Waals surface area contributed by atoms with Gasteiger partial charge < -0.3 is 25.2 Å². The smallest absolute Gasteiger partial charge is 0.307 e. The summed E-state index contributed by atoms with van der Waals surface area (Å²) in [7, 11) is 0. The fraction of sp³-hybridized carbons (Fsp3) is 0.345. The fourth-order valence-corrected chi connectivity index (χ4v) is 5.07.